The molecule has 5 rings (SSSR count). The second kappa shape index (κ2) is 11.4. The molecule has 2 amide bonds. The van der Waals surface area contributed by atoms with E-state index in [4.69, 9.17) is 0 Å². The molecule has 0 aliphatic heterocycles. The van der Waals surface area contributed by atoms with E-state index in [0.29, 0.717) is 22.3 Å². The van der Waals surface area contributed by atoms with E-state index in [-0.39, 0.29) is 36.0 Å². The molecule has 8 nitrogen and oxygen atoms in total. The van der Waals surface area contributed by atoms with Gasteiger partial charge in [-0.3, -0.25) is 9.59 Å². The second-order valence-corrected chi connectivity index (χ2v) is 10.5. The van der Waals surface area contributed by atoms with Crippen LogP contribution in [0.3, 0.4) is 0 Å². The average molecular weight is 647 g/mol. The van der Waals surface area contributed by atoms with Crippen LogP contribution in [0.1, 0.15) is 35.2 Å². The molecule has 0 atom stereocenters. The minimum Gasteiger partial charge on any atom is -0.507 e. The van der Waals surface area contributed by atoms with Crippen molar-refractivity contribution in [3.05, 3.63) is 93.6 Å². The van der Waals surface area contributed by atoms with Gasteiger partial charge in [-0.25, -0.2) is 4.79 Å². The molecule has 0 spiro atoms. The minimum atomic E-state index is -1.20. The normalized spacial score (nSPS) is 12.4. The number of hydrogen-bond acceptors (Lipinski definition) is 4. The third-order valence-electron chi connectivity index (χ3n) is 6.76. The number of aromatic hydroxyl groups is 1. The van der Waals surface area contributed by atoms with Crippen LogP contribution in [0.2, 0.25) is 0 Å². The van der Waals surface area contributed by atoms with Crippen molar-refractivity contribution in [2.45, 2.75) is 19.3 Å². The fourth-order valence-electron chi connectivity index (χ4n) is 4.75. The number of amides is 2. The number of carboxylic acids is 1. The van der Waals surface area contributed by atoms with E-state index in [1.54, 1.807) is 6.07 Å². The molecule has 0 bridgehead atoms. The Hall–Kier alpha value is -4.38. The fraction of sp³-hybridized carbons (Fsp3) is 0.129. The lowest BCUT2D eigenvalue weighted by atomic mass is 10.1. The molecule has 1 heterocycles. The van der Waals surface area contributed by atoms with Gasteiger partial charge in [-0.05, 0) is 70.5 Å². The van der Waals surface area contributed by atoms with Gasteiger partial charge in [0.25, 0.3) is 0 Å². The molecule has 1 aliphatic rings. The van der Waals surface area contributed by atoms with Gasteiger partial charge in [0.05, 0.1) is 11.2 Å². The molecular weight excluding hydrogens is 621 g/mol. The molecule has 0 saturated carbocycles. The van der Waals surface area contributed by atoms with Gasteiger partial charge in [0, 0.05) is 51.9 Å². The number of nitrogens with zero attached hydrogens (tertiary/aromatic N) is 1. The summed E-state index contributed by atoms with van der Waals surface area (Å²) in [6.07, 6.45) is 7.32. The molecule has 4 aromatic rings. The minimum absolute atomic E-state index is 0.0225. The summed E-state index contributed by atoms with van der Waals surface area (Å²) in [6, 6.07) is 17.8. The number of phenols is 1. The van der Waals surface area contributed by atoms with Crippen molar-refractivity contribution >= 4 is 68.2 Å². The summed E-state index contributed by atoms with van der Waals surface area (Å²) in [6.45, 7) is 0. The summed E-state index contributed by atoms with van der Waals surface area (Å²) in [4.78, 5) is 36.5. The van der Waals surface area contributed by atoms with Crippen molar-refractivity contribution in [1.82, 2.24) is 4.57 Å². The lowest BCUT2D eigenvalue weighted by Gasteiger charge is -2.10. The number of allylic oxidation sites excluding steroid dienone is 4. The highest BCUT2D eigenvalue weighted by molar-refractivity contribution is 14.1. The fourth-order valence-corrected chi connectivity index (χ4v) is 5.86. The maximum Gasteiger partial charge on any atom is 0.339 e. The smallest absolute Gasteiger partial charge is 0.339 e. The molecule has 0 unspecified atom stereocenters. The van der Waals surface area contributed by atoms with Gasteiger partial charge in [-0.15, -0.1) is 0 Å². The Kier molecular flexibility index (Phi) is 7.74. The van der Waals surface area contributed by atoms with Crippen LogP contribution >= 0.6 is 22.6 Å². The zero-order chi connectivity index (χ0) is 28.4. The molecule has 3 aromatic carbocycles. The van der Waals surface area contributed by atoms with Gasteiger partial charge in [0.2, 0.25) is 11.8 Å². The highest BCUT2D eigenvalue weighted by Gasteiger charge is 2.20. The largest absolute Gasteiger partial charge is 0.507 e. The van der Waals surface area contributed by atoms with Gasteiger partial charge in [0.1, 0.15) is 11.3 Å². The van der Waals surface area contributed by atoms with Crippen molar-refractivity contribution in [2.24, 2.45) is 7.05 Å². The van der Waals surface area contributed by atoms with Gasteiger partial charge in [-0.2, -0.15) is 0 Å². The standard InChI is InChI=1S/C31H26IN3O5/c1-35-25-17-26(36)24(31(39)40)16-23(25)29(32)30(35)20-7-4-8-22(15-20)34-28(38)14-13-27(37)33-21-11-9-19(10-12-21)18-5-2-3-6-18/h2,4-12,15-17,36H,3,13-14H2,1H3,(H,33,37)(H,34,38)(H,39,40). The van der Waals surface area contributed by atoms with Crippen molar-refractivity contribution in [1.29, 1.82) is 0 Å². The maximum absolute atomic E-state index is 12.6. The first-order chi connectivity index (χ1) is 19.2. The summed E-state index contributed by atoms with van der Waals surface area (Å²) in [5.41, 5.74) is 5.66. The third kappa shape index (κ3) is 5.64. The first-order valence-electron chi connectivity index (χ1n) is 12.6. The first-order valence-corrected chi connectivity index (χ1v) is 13.7. The van der Waals surface area contributed by atoms with E-state index in [1.165, 1.54) is 17.7 Å². The average Bonchev–Trinajstić information content (AvgIpc) is 3.54. The number of benzene rings is 3. The number of carbonyl (C=O) groups is 3. The molecule has 0 radical (unpaired) electrons. The van der Waals surface area contributed by atoms with Crippen LogP contribution in [-0.2, 0) is 16.6 Å². The SMILES string of the molecule is Cn1c(-c2cccc(NC(=O)CCC(=O)Nc3ccc(C4=CCC=C4)cc3)c2)c(I)c2cc(C(=O)O)c(O)cc21. The number of carbonyl (C=O) groups excluding carboxylic acids is 2. The molecule has 1 aliphatic carbocycles. The Labute approximate surface area is 244 Å². The van der Waals surface area contributed by atoms with Crippen LogP contribution in [0.25, 0.3) is 27.7 Å². The van der Waals surface area contributed by atoms with Gasteiger partial charge in [0.15, 0.2) is 0 Å². The van der Waals surface area contributed by atoms with Crippen LogP contribution in [-0.4, -0.2) is 32.6 Å². The van der Waals surface area contributed by atoms with Crippen LogP contribution in [0, 0.1) is 3.57 Å². The predicted octanol–water partition coefficient (Wildman–Crippen LogP) is 6.55. The van der Waals surface area contributed by atoms with Gasteiger partial charge < -0.3 is 25.4 Å². The van der Waals surface area contributed by atoms with E-state index < -0.39 is 5.97 Å². The van der Waals surface area contributed by atoms with E-state index in [0.717, 1.165) is 26.8 Å². The summed E-state index contributed by atoms with van der Waals surface area (Å²) in [5, 5.41) is 25.9. The number of halogens is 1. The summed E-state index contributed by atoms with van der Waals surface area (Å²) in [7, 11) is 1.83. The molecular formula is C31H26IN3O5. The highest BCUT2D eigenvalue weighted by atomic mass is 127. The van der Waals surface area contributed by atoms with E-state index in [2.05, 4.69) is 51.5 Å². The van der Waals surface area contributed by atoms with Crippen LogP contribution in [0.15, 0.2) is 78.9 Å². The Bertz CT molecular complexity index is 1720. The quantitative estimate of drug-likeness (QED) is 0.162. The summed E-state index contributed by atoms with van der Waals surface area (Å²) in [5.74, 6) is -2.03. The third-order valence-corrected chi connectivity index (χ3v) is 7.85. The van der Waals surface area contributed by atoms with Crippen molar-refractivity contribution in [3.63, 3.8) is 0 Å². The van der Waals surface area contributed by atoms with Crippen LogP contribution in [0.5, 0.6) is 5.75 Å². The molecule has 0 fully saturated rings. The number of aromatic nitrogens is 1. The van der Waals surface area contributed by atoms with Gasteiger partial charge in [-0.1, -0.05) is 42.5 Å². The summed E-state index contributed by atoms with van der Waals surface area (Å²) < 4.78 is 2.70. The van der Waals surface area contributed by atoms with E-state index >= 15 is 0 Å². The number of anilines is 2. The lowest BCUT2D eigenvalue weighted by molar-refractivity contribution is -0.121. The van der Waals surface area contributed by atoms with Crippen LogP contribution in [0.4, 0.5) is 11.4 Å². The maximum atomic E-state index is 12.6. The molecule has 1 aromatic heterocycles. The Morgan fingerprint density at radius 3 is 2.27 bits per heavy atom. The number of rotatable bonds is 8. The molecule has 202 valence electrons. The number of nitrogens with one attached hydrogen (secondary N) is 2. The second-order valence-electron chi connectivity index (χ2n) is 9.47. The summed E-state index contributed by atoms with van der Waals surface area (Å²) >= 11 is 2.16. The number of hydrogen-bond donors (Lipinski definition) is 4. The Morgan fingerprint density at radius 1 is 0.925 bits per heavy atom. The van der Waals surface area contributed by atoms with Crippen LogP contribution < -0.4 is 10.6 Å². The number of carboxylic acid groups (broad SMARTS) is 1. The van der Waals surface area contributed by atoms with Crippen molar-refractivity contribution < 1.29 is 24.6 Å². The van der Waals surface area contributed by atoms with E-state index in [9.17, 15) is 24.6 Å². The zero-order valence-corrected chi connectivity index (χ0v) is 23.7. The van der Waals surface area contributed by atoms with Gasteiger partial charge >= 0.3 is 5.97 Å². The number of aryl methyl sites for hydroxylation is 1. The predicted molar refractivity (Wildman–Crippen MR) is 164 cm³/mol. The monoisotopic (exact) mass is 647 g/mol. The highest BCUT2D eigenvalue weighted by Crippen LogP contribution is 2.37. The topological polar surface area (TPSA) is 121 Å². The molecule has 40 heavy (non-hydrogen) atoms. The van der Waals surface area contributed by atoms with Crippen molar-refractivity contribution in [3.8, 4) is 17.0 Å². The zero-order valence-electron chi connectivity index (χ0n) is 21.6. The molecule has 9 heteroatoms. The molecule has 4 N–H and O–H groups in total. The number of fused-ring (bicyclic) bond motifs is 1. The number of aromatic carboxylic acids is 1. The van der Waals surface area contributed by atoms with Crippen molar-refractivity contribution in [2.75, 3.05) is 10.6 Å². The lowest BCUT2D eigenvalue weighted by Crippen LogP contribution is -2.17. The first kappa shape index (κ1) is 27.2. The Morgan fingerprint density at radius 2 is 1.62 bits per heavy atom. The Balaban J connectivity index is 1.23. The molecule has 0 saturated heterocycles. The van der Waals surface area contributed by atoms with E-state index in [1.807, 2.05) is 54.1 Å².